The molecule has 1 aromatic carbocycles. The fourth-order valence-corrected chi connectivity index (χ4v) is 2.51. The second-order valence-corrected chi connectivity index (χ2v) is 5.95. The molecule has 0 saturated heterocycles. The molecule has 1 aromatic rings. The molecule has 1 aliphatic heterocycles. The van der Waals surface area contributed by atoms with Gasteiger partial charge in [-0.25, -0.2) is 0 Å². The Balaban J connectivity index is 2.21. The second kappa shape index (κ2) is 4.85. The minimum atomic E-state index is -0.427. The fraction of sp³-hybridized carbons (Fsp3) is 0.533. The Labute approximate surface area is 115 Å². The molecule has 0 fully saturated rings. The number of benzene rings is 1. The van der Waals surface area contributed by atoms with Gasteiger partial charge in [-0.15, -0.1) is 0 Å². The van der Waals surface area contributed by atoms with Gasteiger partial charge in [0.05, 0.1) is 5.41 Å². The lowest BCUT2D eigenvalue weighted by atomic mass is 9.86. The van der Waals surface area contributed by atoms with Gasteiger partial charge in [0.2, 0.25) is 5.91 Å². The maximum atomic E-state index is 12.2. The summed E-state index contributed by atoms with van der Waals surface area (Å²) in [4.78, 5) is 16.1. The van der Waals surface area contributed by atoms with Crippen molar-refractivity contribution in [1.29, 1.82) is 0 Å². The van der Waals surface area contributed by atoms with Gasteiger partial charge in [-0.3, -0.25) is 4.79 Å². The zero-order valence-corrected chi connectivity index (χ0v) is 12.4. The Morgan fingerprint density at radius 1 is 1.32 bits per heavy atom. The minimum Gasteiger partial charge on any atom is -0.384 e. The third kappa shape index (κ3) is 2.45. The normalized spacial score (nSPS) is 16.9. The fourth-order valence-electron chi connectivity index (χ4n) is 2.51. The van der Waals surface area contributed by atoms with Crippen molar-refractivity contribution in [3.63, 3.8) is 0 Å². The van der Waals surface area contributed by atoms with E-state index in [1.165, 1.54) is 0 Å². The van der Waals surface area contributed by atoms with Gasteiger partial charge in [-0.1, -0.05) is 0 Å². The zero-order valence-electron chi connectivity index (χ0n) is 12.4. The average molecular weight is 261 g/mol. The van der Waals surface area contributed by atoms with Crippen LogP contribution < -0.4 is 10.2 Å². The first-order valence-corrected chi connectivity index (χ1v) is 6.65. The Kier molecular flexibility index (Phi) is 3.54. The molecule has 1 amide bonds. The predicted octanol–water partition coefficient (Wildman–Crippen LogP) is 1.91. The summed E-state index contributed by atoms with van der Waals surface area (Å²) in [6, 6.07) is 6.17. The van der Waals surface area contributed by atoms with Gasteiger partial charge >= 0.3 is 0 Å². The van der Waals surface area contributed by atoms with Crippen LogP contribution in [0.15, 0.2) is 18.2 Å². The first-order valence-electron chi connectivity index (χ1n) is 6.65. The van der Waals surface area contributed by atoms with Gasteiger partial charge in [-0.05, 0) is 51.7 Å². The highest BCUT2D eigenvalue weighted by Gasteiger charge is 2.42. The maximum Gasteiger partial charge on any atom is 0.236 e. The molecule has 1 heterocycles. The molecule has 0 bridgehead atoms. The summed E-state index contributed by atoms with van der Waals surface area (Å²) >= 11 is 0. The first kappa shape index (κ1) is 13.9. The summed E-state index contributed by atoms with van der Waals surface area (Å²) in [5.74, 6) is 0.160. The van der Waals surface area contributed by atoms with Crippen LogP contribution in [0, 0.1) is 0 Å². The molecular formula is C15H23N3O. The van der Waals surface area contributed by atoms with Crippen molar-refractivity contribution in [3.8, 4) is 0 Å². The van der Waals surface area contributed by atoms with Gasteiger partial charge in [0.25, 0.3) is 0 Å². The summed E-state index contributed by atoms with van der Waals surface area (Å²) < 4.78 is 0. The Morgan fingerprint density at radius 2 is 2.00 bits per heavy atom. The van der Waals surface area contributed by atoms with Crippen LogP contribution in [0.4, 0.5) is 11.4 Å². The van der Waals surface area contributed by atoms with Crippen molar-refractivity contribution in [2.75, 3.05) is 44.4 Å². The summed E-state index contributed by atoms with van der Waals surface area (Å²) in [5, 5.41) is 3.40. The van der Waals surface area contributed by atoms with E-state index in [9.17, 15) is 4.79 Å². The maximum absolute atomic E-state index is 12.2. The van der Waals surface area contributed by atoms with E-state index in [1.807, 2.05) is 33.0 Å². The van der Waals surface area contributed by atoms with Gasteiger partial charge in [-0.2, -0.15) is 0 Å². The van der Waals surface area contributed by atoms with E-state index in [0.717, 1.165) is 30.0 Å². The van der Waals surface area contributed by atoms with Gasteiger partial charge in [0.1, 0.15) is 0 Å². The van der Waals surface area contributed by atoms with E-state index in [1.54, 1.807) is 4.90 Å². The molecule has 2 rings (SSSR count). The number of nitrogens with zero attached hydrogens (tertiary/aromatic N) is 2. The molecule has 1 aliphatic rings. The van der Waals surface area contributed by atoms with Crippen molar-refractivity contribution in [2.24, 2.45) is 0 Å². The minimum absolute atomic E-state index is 0.160. The number of fused-ring (bicyclic) bond motifs is 1. The number of amides is 1. The number of anilines is 2. The van der Waals surface area contributed by atoms with Crippen molar-refractivity contribution in [3.05, 3.63) is 23.8 Å². The van der Waals surface area contributed by atoms with Crippen LogP contribution >= 0.6 is 0 Å². The van der Waals surface area contributed by atoms with Crippen LogP contribution in [0.2, 0.25) is 0 Å². The van der Waals surface area contributed by atoms with Gasteiger partial charge in [0, 0.05) is 31.5 Å². The van der Waals surface area contributed by atoms with Crippen LogP contribution in [0.5, 0.6) is 0 Å². The number of carbonyl (C=O) groups is 1. The van der Waals surface area contributed by atoms with Crippen LogP contribution in [0.3, 0.4) is 0 Å². The van der Waals surface area contributed by atoms with E-state index in [2.05, 4.69) is 30.4 Å². The third-order valence-corrected chi connectivity index (χ3v) is 3.76. The molecule has 4 heteroatoms. The zero-order chi connectivity index (χ0) is 14.2. The van der Waals surface area contributed by atoms with E-state index < -0.39 is 5.41 Å². The van der Waals surface area contributed by atoms with Gasteiger partial charge < -0.3 is 15.1 Å². The monoisotopic (exact) mass is 261 g/mol. The molecule has 0 radical (unpaired) electrons. The van der Waals surface area contributed by atoms with Crippen LogP contribution in [0.1, 0.15) is 19.4 Å². The average Bonchev–Trinajstić information content (AvgIpc) is 2.51. The molecule has 19 heavy (non-hydrogen) atoms. The van der Waals surface area contributed by atoms with Crippen LogP contribution in [-0.4, -0.2) is 45.0 Å². The molecule has 0 spiro atoms. The highest BCUT2D eigenvalue weighted by atomic mass is 16.2. The highest BCUT2D eigenvalue weighted by Crippen LogP contribution is 2.41. The molecule has 0 saturated carbocycles. The Morgan fingerprint density at radius 3 is 2.63 bits per heavy atom. The van der Waals surface area contributed by atoms with E-state index in [4.69, 9.17) is 0 Å². The lowest BCUT2D eigenvalue weighted by Crippen LogP contribution is -2.33. The molecule has 1 N–H and O–H groups in total. The molecule has 0 aromatic heterocycles. The number of nitrogens with one attached hydrogen (secondary N) is 1. The number of hydrogen-bond acceptors (Lipinski definition) is 3. The SMILES string of the molecule is CN(C)CCNc1ccc2c(c1)C(C)(C)C(=O)N2C. The Bertz CT molecular complexity index is 494. The molecule has 0 aliphatic carbocycles. The summed E-state index contributed by atoms with van der Waals surface area (Å²) in [5.41, 5.74) is 2.78. The largest absolute Gasteiger partial charge is 0.384 e. The lowest BCUT2D eigenvalue weighted by Gasteiger charge is -2.17. The third-order valence-electron chi connectivity index (χ3n) is 3.76. The molecular weight excluding hydrogens is 238 g/mol. The lowest BCUT2D eigenvalue weighted by molar-refractivity contribution is -0.121. The van der Waals surface area contributed by atoms with E-state index >= 15 is 0 Å². The Hall–Kier alpha value is -1.55. The molecule has 0 unspecified atom stereocenters. The standard InChI is InChI=1S/C15H23N3O/c1-15(2)12-10-11(16-8-9-17(3)4)6-7-13(12)18(5)14(15)19/h6-7,10,16H,8-9H2,1-5H3. The number of hydrogen-bond donors (Lipinski definition) is 1. The molecule has 104 valence electrons. The smallest absolute Gasteiger partial charge is 0.236 e. The topological polar surface area (TPSA) is 35.6 Å². The predicted molar refractivity (Wildman–Crippen MR) is 79.9 cm³/mol. The number of carbonyl (C=O) groups excluding carboxylic acids is 1. The number of rotatable bonds is 4. The van der Waals surface area contributed by atoms with Gasteiger partial charge in [0.15, 0.2) is 0 Å². The summed E-state index contributed by atoms with van der Waals surface area (Å²) in [6.07, 6.45) is 0. The quantitative estimate of drug-likeness (QED) is 0.899. The first-order chi connectivity index (χ1) is 8.84. The second-order valence-electron chi connectivity index (χ2n) is 5.95. The van der Waals surface area contributed by atoms with Crippen molar-refractivity contribution in [1.82, 2.24) is 4.90 Å². The highest BCUT2D eigenvalue weighted by molar-refractivity contribution is 6.07. The molecule has 4 nitrogen and oxygen atoms in total. The van der Waals surface area contributed by atoms with Crippen molar-refractivity contribution in [2.45, 2.75) is 19.3 Å². The van der Waals surface area contributed by atoms with Crippen LogP contribution in [-0.2, 0) is 10.2 Å². The van der Waals surface area contributed by atoms with E-state index in [0.29, 0.717) is 0 Å². The number of likely N-dealkylation sites (N-methyl/N-ethyl adjacent to an activating group) is 2. The van der Waals surface area contributed by atoms with Crippen molar-refractivity contribution >= 4 is 17.3 Å². The van der Waals surface area contributed by atoms with Crippen LogP contribution in [0.25, 0.3) is 0 Å². The summed E-state index contributed by atoms with van der Waals surface area (Å²) in [6.45, 7) is 5.86. The summed E-state index contributed by atoms with van der Waals surface area (Å²) in [7, 11) is 5.96. The molecule has 0 atom stereocenters. The van der Waals surface area contributed by atoms with E-state index in [-0.39, 0.29) is 5.91 Å². The van der Waals surface area contributed by atoms with Crippen molar-refractivity contribution < 1.29 is 4.79 Å².